The molecule has 13 heteroatoms. The number of carbonyl (C=O) groups excluding carboxylic acids is 4. The van der Waals surface area contributed by atoms with E-state index in [1.807, 2.05) is 30.3 Å². The number of nitrogens with one attached hydrogen (secondary N) is 5. The first kappa shape index (κ1) is 29.3. The van der Waals surface area contributed by atoms with Crippen LogP contribution >= 0.6 is 0 Å². The van der Waals surface area contributed by atoms with E-state index in [1.165, 1.54) is 29.8 Å². The molecule has 0 aliphatic carbocycles. The van der Waals surface area contributed by atoms with Crippen LogP contribution < -0.4 is 21.3 Å². The number of halogens is 3. The second kappa shape index (κ2) is 13.0. The maximum absolute atomic E-state index is 12.8. The third kappa shape index (κ3) is 8.64. The summed E-state index contributed by atoms with van der Waals surface area (Å²) in [6, 6.07) is 14.6. The van der Waals surface area contributed by atoms with Crippen LogP contribution in [0.2, 0.25) is 0 Å². The molecule has 39 heavy (non-hydrogen) atoms. The number of esters is 1. The lowest BCUT2D eigenvalue weighted by Crippen LogP contribution is -2.53. The van der Waals surface area contributed by atoms with Gasteiger partial charge in [0.15, 0.2) is 0 Å². The van der Waals surface area contributed by atoms with Gasteiger partial charge in [0.25, 0.3) is 0 Å². The highest BCUT2D eigenvalue weighted by Crippen LogP contribution is 2.27. The maximum Gasteiger partial charge on any atom is 0.491 e. The molecule has 10 nitrogen and oxygen atoms in total. The summed E-state index contributed by atoms with van der Waals surface area (Å²) >= 11 is 0. The lowest BCUT2D eigenvalue weighted by Gasteiger charge is -2.30. The van der Waals surface area contributed by atoms with Crippen LogP contribution in [0.4, 0.5) is 18.0 Å². The van der Waals surface area contributed by atoms with E-state index in [0.29, 0.717) is 18.5 Å². The van der Waals surface area contributed by atoms with Crippen molar-refractivity contribution in [3.05, 3.63) is 71.3 Å². The van der Waals surface area contributed by atoms with Gasteiger partial charge in [-0.2, -0.15) is 13.2 Å². The number of amides is 3. The lowest BCUT2D eigenvalue weighted by atomic mass is 9.86. The molecule has 1 aliphatic heterocycles. The lowest BCUT2D eigenvalue weighted by molar-refractivity contribution is -0.192. The molecule has 0 saturated carbocycles. The standard InChI is InChI=1S/C26H28F3N5O5/c1-15(33-23(36)20-13-19(11-12-31-20)17-5-3-2-4-6-17)22(35)32-14-16-7-9-18(10-8-16)21(30)34-25(38)39-24(37)26(27,28)29/h2-10,15,19-20,31H,11-14H2,1H3,(H,32,35)(H,33,36)(H2,30,34,38)/t15-,19-,20+/m0/s1. The first-order chi connectivity index (χ1) is 18.4. The summed E-state index contributed by atoms with van der Waals surface area (Å²) in [5.41, 5.74) is 1.92. The van der Waals surface area contributed by atoms with Gasteiger partial charge >= 0.3 is 18.2 Å². The highest BCUT2D eigenvalue weighted by Gasteiger charge is 2.42. The van der Waals surface area contributed by atoms with Crippen LogP contribution in [0, 0.1) is 5.41 Å². The van der Waals surface area contributed by atoms with Crippen LogP contribution in [-0.4, -0.2) is 54.5 Å². The van der Waals surface area contributed by atoms with E-state index in [-0.39, 0.29) is 23.9 Å². The predicted molar refractivity (Wildman–Crippen MR) is 134 cm³/mol. The number of carbonyl (C=O) groups is 4. The second-order valence-corrected chi connectivity index (χ2v) is 8.96. The summed E-state index contributed by atoms with van der Waals surface area (Å²) in [6.07, 6.45) is -5.55. The molecule has 0 unspecified atom stereocenters. The van der Waals surface area contributed by atoms with Gasteiger partial charge < -0.3 is 20.7 Å². The summed E-state index contributed by atoms with van der Waals surface area (Å²) in [4.78, 5) is 47.3. The minimum absolute atomic E-state index is 0.0972. The Morgan fingerprint density at radius 2 is 1.74 bits per heavy atom. The number of benzene rings is 2. The zero-order chi connectivity index (χ0) is 28.6. The van der Waals surface area contributed by atoms with E-state index < -0.39 is 42.1 Å². The fourth-order valence-corrected chi connectivity index (χ4v) is 4.00. The third-order valence-corrected chi connectivity index (χ3v) is 6.10. The Hall–Kier alpha value is -4.26. The largest absolute Gasteiger partial charge is 0.491 e. The molecule has 0 radical (unpaired) electrons. The molecular formula is C26H28F3N5O5. The number of alkyl carbamates (subject to hydrolysis) is 1. The Balaban J connectivity index is 1.44. The molecular weight excluding hydrogens is 519 g/mol. The molecule has 3 atom stereocenters. The van der Waals surface area contributed by atoms with Crippen molar-refractivity contribution in [3.63, 3.8) is 0 Å². The van der Waals surface area contributed by atoms with Crippen molar-refractivity contribution in [2.24, 2.45) is 0 Å². The summed E-state index contributed by atoms with van der Waals surface area (Å²) in [7, 11) is 0. The van der Waals surface area contributed by atoms with Gasteiger partial charge in [0, 0.05) is 12.1 Å². The highest BCUT2D eigenvalue weighted by molar-refractivity contribution is 6.06. The van der Waals surface area contributed by atoms with Crippen molar-refractivity contribution in [2.45, 2.75) is 50.5 Å². The van der Waals surface area contributed by atoms with Crippen LogP contribution in [-0.2, 0) is 25.7 Å². The fraction of sp³-hybridized carbons (Fsp3) is 0.346. The van der Waals surface area contributed by atoms with Gasteiger partial charge in [-0.1, -0.05) is 54.6 Å². The van der Waals surface area contributed by atoms with Crippen LogP contribution in [0.1, 0.15) is 42.4 Å². The van der Waals surface area contributed by atoms with E-state index >= 15 is 0 Å². The normalized spacial score (nSPS) is 17.8. The molecule has 3 amide bonds. The second-order valence-electron chi connectivity index (χ2n) is 8.96. The van der Waals surface area contributed by atoms with E-state index in [2.05, 4.69) is 20.7 Å². The minimum Gasteiger partial charge on any atom is -0.369 e. The van der Waals surface area contributed by atoms with Crippen LogP contribution in [0.15, 0.2) is 54.6 Å². The molecule has 1 heterocycles. The fourth-order valence-electron chi connectivity index (χ4n) is 4.00. The Bertz CT molecular complexity index is 1200. The number of amidine groups is 1. The Morgan fingerprint density at radius 3 is 2.38 bits per heavy atom. The average molecular weight is 548 g/mol. The maximum atomic E-state index is 12.8. The van der Waals surface area contributed by atoms with Gasteiger partial charge in [-0.05, 0) is 43.4 Å². The van der Waals surface area contributed by atoms with Gasteiger partial charge in [-0.15, -0.1) is 0 Å². The van der Waals surface area contributed by atoms with Gasteiger partial charge in [-0.25, -0.2) is 9.59 Å². The molecule has 0 aromatic heterocycles. The SMILES string of the molecule is C[C@H](NC(=O)[C@H]1C[C@@H](c2ccccc2)CCN1)C(=O)NCc1ccc(C(=N)NC(=O)OC(=O)C(F)(F)F)cc1. The van der Waals surface area contributed by atoms with Crippen molar-refractivity contribution in [3.8, 4) is 0 Å². The molecule has 1 fully saturated rings. The Kier molecular flexibility index (Phi) is 9.77. The number of hydrogen-bond acceptors (Lipinski definition) is 7. The topological polar surface area (TPSA) is 149 Å². The third-order valence-electron chi connectivity index (χ3n) is 6.10. The zero-order valence-electron chi connectivity index (χ0n) is 20.9. The van der Waals surface area contributed by atoms with Crippen LogP contribution in [0.3, 0.4) is 0 Å². The summed E-state index contributed by atoms with van der Waals surface area (Å²) in [6.45, 7) is 2.36. The quantitative estimate of drug-likeness (QED) is 0.156. The van der Waals surface area contributed by atoms with Crippen molar-refractivity contribution >= 4 is 29.7 Å². The van der Waals surface area contributed by atoms with Gasteiger partial charge in [0.1, 0.15) is 11.9 Å². The van der Waals surface area contributed by atoms with E-state index in [0.717, 1.165) is 6.42 Å². The van der Waals surface area contributed by atoms with Gasteiger partial charge in [0.2, 0.25) is 11.8 Å². The molecule has 5 N–H and O–H groups in total. The molecule has 1 saturated heterocycles. The summed E-state index contributed by atoms with van der Waals surface area (Å²) in [5.74, 6) is -3.71. The van der Waals surface area contributed by atoms with Crippen LogP contribution in [0.25, 0.3) is 0 Å². The van der Waals surface area contributed by atoms with E-state index in [4.69, 9.17) is 5.41 Å². The van der Waals surface area contributed by atoms with Crippen molar-refractivity contribution in [1.82, 2.24) is 21.3 Å². The molecule has 2 aromatic rings. The molecule has 2 aromatic carbocycles. The monoisotopic (exact) mass is 547 g/mol. The van der Waals surface area contributed by atoms with E-state index in [9.17, 15) is 32.3 Å². The van der Waals surface area contributed by atoms with Crippen molar-refractivity contribution in [2.75, 3.05) is 6.54 Å². The molecule has 0 spiro atoms. The molecule has 0 bridgehead atoms. The van der Waals surface area contributed by atoms with Gasteiger partial charge in [0.05, 0.1) is 6.04 Å². The molecule has 1 aliphatic rings. The number of piperidine rings is 1. The number of alkyl halides is 3. The average Bonchev–Trinajstić information content (AvgIpc) is 2.91. The highest BCUT2D eigenvalue weighted by atomic mass is 19.4. The molecule has 208 valence electrons. The first-order valence-electron chi connectivity index (χ1n) is 12.1. The smallest absolute Gasteiger partial charge is 0.369 e. The summed E-state index contributed by atoms with van der Waals surface area (Å²) in [5, 5.41) is 18.1. The first-order valence-corrected chi connectivity index (χ1v) is 12.1. The number of hydrogen-bond donors (Lipinski definition) is 5. The summed E-state index contributed by atoms with van der Waals surface area (Å²) < 4.78 is 40.0. The van der Waals surface area contributed by atoms with Crippen molar-refractivity contribution < 1.29 is 37.1 Å². The Labute approximate surface area is 222 Å². The van der Waals surface area contributed by atoms with Gasteiger partial charge in [-0.3, -0.25) is 20.3 Å². The predicted octanol–water partition coefficient (Wildman–Crippen LogP) is 2.48. The number of ether oxygens (including phenoxy) is 1. The Morgan fingerprint density at radius 1 is 1.08 bits per heavy atom. The number of rotatable bonds is 7. The zero-order valence-corrected chi connectivity index (χ0v) is 20.9. The van der Waals surface area contributed by atoms with E-state index in [1.54, 1.807) is 12.2 Å². The minimum atomic E-state index is -5.34. The van der Waals surface area contributed by atoms with Crippen LogP contribution in [0.5, 0.6) is 0 Å². The van der Waals surface area contributed by atoms with Crippen molar-refractivity contribution in [1.29, 1.82) is 5.41 Å². The molecule has 3 rings (SSSR count).